The summed E-state index contributed by atoms with van der Waals surface area (Å²) in [5.74, 6) is 1.23. The second-order valence-electron chi connectivity index (χ2n) is 4.26. The summed E-state index contributed by atoms with van der Waals surface area (Å²) in [5, 5.41) is 1.26. The minimum Gasteiger partial charge on any atom is -0.493 e. The molecule has 1 unspecified atom stereocenters. The summed E-state index contributed by atoms with van der Waals surface area (Å²) in [6.07, 6.45) is 0. The van der Waals surface area contributed by atoms with E-state index in [-0.39, 0.29) is 4.83 Å². The number of alkyl halides is 1. The number of hydrogen-bond donors (Lipinski definition) is 0. The first-order chi connectivity index (χ1) is 9.97. The van der Waals surface area contributed by atoms with E-state index in [4.69, 9.17) is 32.7 Å². The highest BCUT2D eigenvalue weighted by Gasteiger charge is 2.18. The van der Waals surface area contributed by atoms with Gasteiger partial charge in [-0.3, -0.25) is 0 Å². The fourth-order valence-electron chi connectivity index (χ4n) is 1.91. The summed E-state index contributed by atoms with van der Waals surface area (Å²) in [7, 11) is 3.17. The van der Waals surface area contributed by atoms with Crippen LogP contribution in [0.4, 0.5) is 0 Å². The number of methoxy groups -OCH3 is 2. The Bertz CT molecular complexity index is 662. The quantitative estimate of drug-likeness (QED) is 0.508. The molecule has 0 bridgehead atoms. The molecule has 0 aromatic heterocycles. The van der Waals surface area contributed by atoms with Crippen molar-refractivity contribution in [1.29, 1.82) is 0 Å². The van der Waals surface area contributed by atoms with Gasteiger partial charge in [-0.05, 0) is 45.3 Å². The van der Waals surface area contributed by atoms with Crippen LogP contribution < -0.4 is 9.47 Å². The summed E-state index contributed by atoms with van der Waals surface area (Å²) in [5.41, 5.74) is 1.92. The third kappa shape index (κ3) is 3.67. The van der Waals surface area contributed by atoms with Gasteiger partial charge in [-0.25, -0.2) is 0 Å². The maximum Gasteiger partial charge on any atom is 0.162 e. The molecule has 0 spiro atoms. The summed E-state index contributed by atoms with van der Waals surface area (Å²) in [4.78, 5) is -0.0848. The monoisotopic (exact) mass is 452 g/mol. The third-order valence-corrected chi connectivity index (χ3v) is 5.58. The largest absolute Gasteiger partial charge is 0.493 e. The Labute approximate surface area is 150 Å². The van der Waals surface area contributed by atoms with E-state index in [1.54, 1.807) is 20.3 Å². The Kier molecular flexibility index (Phi) is 5.83. The van der Waals surface area contributed by atoms with Gasteiger partial charge in [0.15, 0.2) is 11.5 Å². The summed E-state index contributed by atoms with van der Waals surface area (Å²) >= 11 is 19.5. The molecule has 2 aromatic rings. The minimum atomic E-state index is -0.0848. The molecule has 0 aliphatic rings. The molecule has 2 nitrogen and oxygen atoms in total. The van der Waals surface area contributed by atoms with Gasteiger partial charge in [0.2, 0.25) is 0 Å². The Hall–Kier alpha value is -0.420. The van der Waals surface area contributed by atoms with Crippen LogP contribution in [0.25, 0.3) is 0 Å². The molecule has 112 valence electrons. The molecule has 1 atom stereocenters. The second kappa shape index (κ2) is 7.23. The van der Waals surface area contributed by atoms with E-state index in [9.17, 15) is 0 Å². The van der Waals surface area contributed by atoms with Crippen LogP contribution in [-0.2, 0) is 0 Å². The lowest BCUT2D eigenvalue weighted by molar-refractivity contribution is 0.354. The van der Waals surface area contributed by atoms with E-state index in [0.29, 0.717) is 21.5 Å². The second-order valence-corrected chi connectivity index (χ2v) is 6.85. The van der Waals surface area contributed by atoms with Crippen molar-refractivity contribution in [2.45, 2.75) is 4.83 Å². The predicted octanol–water partition coefficient (Wildman–Crippen LogP) is 6.26. The molecule has 0 heterocycles. The Morgan fingerprint density at radius 3 is 2.14 bits per heavy atom. The summed E-state index contributed by atoms with van der Waals surface area (Å²) in [6, 6.07) is 9.34. The minimum absolute atomic E-state index is 0.0848. The van der Waals surface area contributed by atoms with Gasteiger partial charge in [-0.15, -0.1) is 0 Å². The first-order valence-electron chi connectivity index (χ1n) is 5.98. The lowest BCUT2D eigenvalue weighted by Gasteiger charge is -2.16. The number of halogens is 4. The zero-order valence-corrected chi connectivity index (χ0v) is 16.0. The molecule has 0 amide bonds. The van der Waals surface area contributed by atoms with Crippen LogP contribution in [0, 0.1) is 0 Å². The van der Waals surface area contributed by atoms with Gasteiger partial charge < -0.3 is 9.47 Å². The highest BCUT2D eigenvalue weighted by molar-refractivity contribution is 9.10. The molecule has 0 N–H and O–H groups in total. The van der Waals surface area contributed by atoms with Crippen molar-refractivity contribution in [3.63, 3.8) is 0 Å². The fraction of sp³-hybridized carbons (Fsp3) is 0.200. The van der Waals surface area contributed by atoms with Crippen LogP contribution in [0.3, 0.4) is 0 Å². The van der Waals surface area contributed by atoms with Crippen molar-refractivity contribution in [2.75, 3.05) is 14.2 Å². The molecule has 0 radical (unpaired) electrons. The molecule has 2 aromatic carbocycles. The highest BCUT2D eigenvalue weighted by Crippen LogP contribution is 2.42. The average Bonchev–Trinajstić information content (AvgIpc) is 2.49. The van der Waals surface area contributed by atoms with Crippen LogP contribution >= 0.6 is 55.1 Å². The zero-order chi connectivity index (χ0) is 15.6. The van der Waals surface area contributed by atoms with Crippen LogP contribution in [0.1, 0.15) is 16.0 Å². The van der Waals surface area contributed by atoms with Crippen LogP contribution in [0.5, 0.6) is 11.5 Å². The molecule has 0 aliphatic heterocycles. The molecule has 21 heavy (non-hydrogen) atoms. The van der Waals surface area contributed by atoms with E-state index >= 15 is 0 Å². The van der Waals surface area contributed by atoms with Gasteiger partial charge in [0.05, 0.1) is 24.1 Å². The first kappa shape index (κ1) is 16.9. The average molecular weight is 455 g/mol. The van der Waals surface area contributed by atoms with Crippen molar-refractivity contribution in [1.82, 2.24) is 0 Å². The van der Waals surface area contributed by atoms with E-state index < -0.39 is 0 Å². The molecule has 0 aliphatic carbocycles. The Morgan fingerprint density at radius 1 is 0.952 bits per heavy atom. The smallest absolute Gasteiger partial charge is 0.162 e. The summed E-state index contributed by atoms with van der Waals surface area (Å²) in [6.45, 7) is 0. The van der Waals surface area contributed by atoms with E-state index in [0.717, 1.165) is 15.6 Å². The molecular weight excluding hydrogens is 443 g/mol. The topological polar surface area (TPSA) is 18.5 Å². The van der Waals surface area contributed by atoms with Crippen molar-refractivity contribution >= 4 is 55.1 Å². The maximum absolute atomic E-state index is 6.35. The third-order valence-electron chi connectivity index (χ3n) is 3.01. The van der Waals surface area contributed by atoms with Gasteiger partial charge in [0, 0.05) is 15.6 Å². The van der Waals surface area contributed by atoms with E-state index in [2.05, 4.69) is 31.9 Å². The van der Waals surface area contributed by atoms with Crippen molar-refractivity contribution in [2.24, 2.45) is 0 Å². The zero-order valence-electron chi connectivity index (χ0n) is 11.3. The van der Waals surface area contributed by atoms with E-state index in [1.165, 1.54) is 0 Å². The Morgan fingerprint density at radius 2 is 1.57 bits per heavy atom. The predicted molar refractivity (Wildman–Crippen MR) is 94.5 cm³/mol. The number of ether oxygens (including phenoxy) is 2. The molecule has 2 rings (SSSR count). The van der Waals surface area contributed by atoms with Gasteiger partial charge in [-0.1, -0.05) is 45.2 Å². The molecule has 6 heteroatoms. The number of rotatable bonds is 4. The van der Waals surface area contributed by atoms with E-state index in [1.807, 2.05) is 24.3 Å². The van der Waals surface area contributed by atoms with Gasteiger partial charge in [0.25, 0.3) is 0 Å². The molecule has 0 saturated carbocycles. The number of benzene rings is 2. The molecular formula is C15H12Br2Cl2O2. The highest BCUT2D eigenvalue weighted by atomic mass is 79.9. The van der Waals surface area contributed by atoms with Crippen molar-refractivity contribution < 1.29 is 9.47 Å². The van der Waals surface area contributed by atoms with Crippen LogP contribution in [-0.4, -0.2) is 14.2 Å². The van der Waals surface area contributed by atoms with Crippen molar-refractivity contribution in [3.8, 4) is 11.5 Å². The van der Waals surface area contributed by atoms with Gasteiger partial charge in [0.1, 0.15) is 0 Å². The lowest BCUT2D eigenvalue weighted by atomic mass is 10.0. The van der Waals surface area contributed by atoms with Crippen LogP contribution in [0.2, 0.25) is 10.0 Å². The van der Waals surface area contributed by atoms with Crippen LogP contribution in [0.15, 0.2) is 34.8 Å². The SMILES string of the molecule is COc1cc(Cl)c(C(Br)c2ccc(Cl)c(Br)c2)cc1OC. The molecule has 0 saturated heterocycles. The standard InChI is InChI=1S/C15H12Br2Cl2O2/c1-20-13-6-9(12(19)7-14(13)21-2)15(17)8-3-4-11(18)10(16)5-8/h3-7,15H,1-2H3. The lowest BCUT2D eigenvalue weighted by Crippen LogP contribution is -1.98. The molecule has 0 fully saturated rings. The normalized spacial score (nSPS) is 12.1. The number of hydrogen-bond acceptors (Lipinski definition) is 2. The van der Waals surface area contributed by atoms with Gasteiger partial charge in [-0.2, -0.15) is 0 Å². The van der Waals surface area contributed by atoms with Gasteiger partial charge >= 0.3 is 0 Å². The fourth-order valence-corrected chi connectivity index (χ4v) is 3.49. The maximum atomic E-state index is 6.35. The van der Waals surface area contributed by atoms with Crippen molar-refractivity contribution in [3.05, 3.63) is 56.0 Å². The summed E-state index contributed by atoms with van der Waals surface area (Å²) < 4.78 is 11.4. The Balaban J connectivity index is 2.47. The first-order valence-corrected chi connectivity index (χ1v) is 8.44.